The van der Waals surface area contributed by atoms with Crippen LogP contribution in [0.3, 0.4) is 0 Å². The van der Waals surface area contributed by atoms with E-state index in [0.717, 1.165) is 5.39 Å². The maximum Gasteiger partial charge on any atom is 0.353 e. The van der Waals surface area contributed by atoms with Gasteiger partial charge in [-0.3, -0.25) is 15.1 Å². The Hall–Kier alpha value is -3.49. The number of pyridine rings is 1. The Morgan fingerprint density at radius 1 is 0.897 bits per heavy atom. The number of para-hydroxylation sites is 1. The minimum absolute atomic E-state index is 0.00933. The zero-order chi connectivity index (χ0) is 20.4. The van der Waals surface area contributed by atoms with Gasteiger partial charge in [0.15, 0.2) is 0 Å². The maximum absolute atomic E-state index is 11.8. The molecule has 2 aromatic heterocycles. The zero-order valence-electron chi connectivity index (χ0n) is 14.6. The number of hydrogen-bond donors (Lipinski definition) is 2. The quantitative estimate of drug-likeness (QED) is 0.310. The van der Waals surface area contributed by atoms with Gasteiger partial charge in [-0.1, -0.05) is 41.4 Å². The van der Waals surface area contributed by atoms with Crippen molar-refractivity contribution in [3.8, 4) is 0 Å². The lowest BCUT2D eigenvalue weighted by Gasteiger charge is -2.12. The summed E-state index contributed by atoms with van der Waals surface area (Å²) in [6, 6.07) is 14.0. The maximum atomic E-state index is 11.8. The number of halogens is 2. The molecule has 2 N–H and O–H groups in total. The summed E-state index contributed by atoms with van der Waals surface area (Å²) in [6.45, 7) is 0. The van der Waals surface area contributed by atoms with Gasteiger partial charge < -0.3 is 10.6 Å². The highest BCUT2D eigenvalue weighted by atomic mass is 35.5. The number of nitro groups is 1. The summed E-state index contributed by atoms with van der Waals surface area (Å²) in [5, 5.41) is 19.3. The van der Waals surface area contributed by atoms with Crippen LogP contribution in [-0.4, -0.2) is 19.9 Å². The van der Waals surface area contributed by atoms with E-state index in [-0.39, 0.29) is 17.3 Å². The fraction of sp³-hybridized carbons (Fsp3) is 0. The van der Waals surface area contributed by atoms with Gasteiger partial charge >= 0.3 is 5.69 Å². The smallest absolute Gasteiger partial charge is 0.333 e. The van der Waals surface area contributed by atoms with Gasteiger partial charge in [-0.25, -0.2) is 9.97 Å². The lowest BCUT2D eigenvalue weighted by atomic mass is 10.2. The SMILES string of the molecule is O=[N+]([O-])c1c(Nc2ccc(Cl)cc2Cl)ncnc1Nc1cccc2cccnc12. The highest BCUT2D eigenvalue weighted by Gasteiger charge is 2.24. The summed E-state index contributed by atoms with van der Waals surface area (Å²) in [5.41, 5.74) is 1.35. The number of nitrogens with one attached hydrogen (secondary N) is 2. The molecule has 4 rings (SSSR count). The molecule has 0 radical (unpaired) electrons. The van der Waals surface area contributed by atoms with E-state index in [1.54, 1.807) is 24.4 Å². The first-order valence-corrected chi connectivity index (χ1v) is 9.11. The molecule has 0 atom stereocenters. The predicted octanol–water partition coefficient (Wildman–Crippen LogP) is 5.73. The predicted molar refractivity (Wildman–Crippen MR) is 113 cm³/mol. The highest BCUT2D eigenvalue weighted by Crippen LogP contribution is 2.36. The van der Waals surface area contributed by atoms with E-state index in [1.165, 1.54) is 12.4 Å². The van der Waals surface area contributed by atoms with Gasteiger partial charge in [0.2, 0.25) is 11.6 Å². The fourth-order valence-electron chi connectivity index (χ4n) is 2.79. The van der Waals surface area contributed by atoms with Crippen molar-refractivity contribution in [1.82, 2.24) is 15.0 Å². The Kier molecular flexibility index (Phi) is 5.11. The van der Waals surface area contributed by atoms with Crippen LogP contribution in [0.4, 0.5) is 28.7 Å². The zero-order valence-corrected chi connectivity index (χ0v) is 16.1. The van der Waals surface area contributed by atoms with E-state index in [2.05, 4.69) is 25.6 Å². The molecule has 0 aliphatic carbocycles. The molecule has 8 nitrogen and oxygen atoms in total. The molecule has 0 amide bonds. The first-order chi connectivity index (χ1) is 14.0. The summed E-state index contributed by atoms with van der Waals surface area (Å²) in [6.07, 6.45) is 2.87. The average molecular weight is 427 g/mol. The van der Waals surface area contributed by atoms with Crippen LogP contribution in [0.1, 0.15) is 0 Å². The number of nitrogens with zero attached hydrogens (tertiary/aromatic N) is 4. The Balaban J connectivity index is 1.76. The second-order valence-electron chi connectivity index (χ2n) is 5.93. The molecule has 2 heterocycles. The van der Waals surface area contributed by atoms with E-state index in [0.29, 0.717) is 26.9 Å². The van der Waals surface area contributed by atoms with Crippen LogP contribution in [0.2, 0.25) is 10.0 Å². The fourth-order valence-corrected chi connectivity index (χ4v) is 3.24. The van der Waals surface area contributed by atoms with E-state index < -0.39 is 4.92 Å². The van der Waals surface area contributed by atoms with Crippen molar-refractivity contribution in [2.75, 3.05) is 10.6 Å². The Morgan fingerprint density at radius 2 is 1.62 bits per heavy atom. The monoisotopic (exact) mass is 426 g/mol. The van der Waals surface area contributed by atoms with Gasteiger partial charge in [-0.15, -0.1) is 0 Å². The first-order valence-electron chi connectivity index (χ1n) is 8.35. The summed E-state index contributed by atoms with van der Waals surface area (Å²) < 4.78 is 0. The molecule has 144 valence electrons. The van der Waals surface area contributed by atoms with Crippen LogP contribution in [-0.2, 0) is 0 Å². The average Bonchev–Trinajstić information content (AvgIpc) is 2.70. The molecule has 10 heteroatoms. The molecule has 0 bridgehead atoms. The molecule has 29 heavy (non-hydrogen) atoms. The molecule has 4 aromatic rings. The minimum Gasteiger partial charge on any atom is -0.333 e. The Morgan fingerprint density at radius 3 is 2.34 bits per heavy atom. The third-order valence-corrected chi connectivity index (χ3v) is 4.62. The van der Waals surface area contributed by atoms with Gasteiger partial charge in [0.1, 0.15) is 6.33 Å². The molecule has 0 unspecified atom stereocenters. The number of benzene rings is 2. The van der Waals surface area contributed by atoms with Crippen molar-refractivity contribution >= 4 is 62.8 Å². The van der Waals surface area contributed by atoms with Crippen molar-refractivity contribution in [3.63, 3.8) is 0 Å². The van der Waals surface area contributed by atoms with Gasteiger partial charge in [0.25, 0.3) is 0 Å². The van der Waals surface area contributed by atoms with E-state index in [9.17, 15) is 10.1 Å². The van der Waals surface area contributed by atoms with Crippen molar-refractivity contribution in [2.45, 2.75) is 0 Å². The second kappa shape index (κ2) is 7.86. The van der Waals surface area contributed by atoms with Crippen LogP contribution >= 0.6 is 23.2 Å². The molecule has 0 fully saturated rings. The van der Waals surface area contributed by atoms with Gasteiger partial charge in [-0.2, -0.15) is 0 Å². The lowest BCUT2D eigenvalue weighted by molar-refractivity contribution is -0.383. The van der Waals surface area contributed by atoms with Gasteiger partial charge in [0.05, 0.1) is 26.8 Å². The van der Waals surface area contributed by atoms with Crippen LogP contribution in [0.5, 0.6) is 0 Å². The highest BCUT2D eigenvalue weighted by molar-refractivity contribution is 6.36. The summed E-state index contributed by atoms with van der Waals surface area (Å²) in [7, 11) is 0. The van der Waals surface area contributed by atoms with Crippen molar-refractivity contribution < 1.29 is 4.92 Å². The van der Waals surface area contributed by atoms with Crippen LogP contribution in [0.25, 0.3) is 10.9 Å². The second-order valence-corrected chi connectivity index (χ2v) is 6.78. The number of aromatic nitrogens is 3. The van der Waals surface area contributed by atoms with Crippen molar-refractivity contribution in [1.29, 1.82) is 0 Å². The molecule has 2 aromatic carbocycles. The van der Waals surface area contributed by atoms with E-state index in [4.69, 9.17) is 23.2 Å². The van der Waals surface area contributed by atoms with Crippen LogP contribution in [0, 0.1) is 10.1 Å². The summed E-state index contributed by atoms with van der Waals surface area (Å²) >= 11 is 12.1. The molecule has 0 aliphatic rings. The van der Waals surface area contributed by atoms with Crippen molar-refractivity contribution in [3.05, 3.63) is 81.2 Å². The third-order valence-electron chi connectivity index (χ3n) is 4.07. The Bertz CT molecular complexity index is 1230. The molecular formula is C19H12Cl2N6O2. The Labute approximate surface area is 174 Å². The topological polar surface area (TPSA) is 106 Å². The van der Waals surface area contributed by atoms with Crippen LogP contribution in [0.15, 0.2) is 61.1 Å². The van der Waals surface area contributed by atoms with Gasteiger partial charge in [-0.05, 0) is 30.3 Å². The van der Waals surface area contributed by atoms with Crippen LogP contribution < -0.4 is 10.6 Å². The van der Waals surface area contributed by atoms with Crippen molar-refractivity contribution in [2.24, 2.45) is 0 Å². The molecule has 0 spiro atoms. The molecule has 0 aliphatic heterocycles. The standard InChI is InChI=1S/C19H12Cl2N6O2/c20-12-6-7-14(13(21)9-12)25-18-17(27(28)29)19(24-10-23-18)26-15-5-1-3-11-4-2-8-22-16(11)15/h1-10H,(H2,23,24,25,26). The minimum atomic E-state index is -0.562. The number of hydrogen-bond acceptors (Lipinski definition) is 7. The summed E-state index contributed by atoms with van der Waals surface area (Å²) in [4.78, 5) is 23.6. The lowest BCUT2D eigenvalue weighted by Crippen LogP contribution is -2.06. The van der Waals surface area contributed by atoms with E-state index in [1.807, 2.05) is 24.3 Å². The summed E-state index contributed by atoms with van der Waals surface area (Å²) in [5.74, 6) is 0.0145. The third kappa shape index (κ3) is 3.89. The van der Waals surface area contributed by atoms with E-state index >= 15 is 0 Å². The number of fused-ring (bicyclic) bond motifs is 1. The molecular weight excluding hydrogens is 415 g/mol. The largest absolute Gasteiger partial charge is 0.353 e. The number of rotatable bonds is 5. The molecule has 0 saturated heterocycles. The molecule has 0 saturated carbocycles. The van der Waals surface area contributed by atoms with Gasteiger partial charge in [0, 0.05) is 16.6 Å². The first kappa shape index (κ1) is 18.9. The number of anilines is 4. The normalized spacial score (nSPS) is 10.7.